The molecule has 3 aromatic rings. The molecule has 1 saturated heterocycles. The number of isothiocyanates is 1. The molecule has 0 radical (unpaired) electrons. The van der Waals surface area contributed by atoms with E-state index in [1.165, 1.54) is 24.3 Å². The third kappa shape index (κ3) is 2.76. The minimum atomic E-state index is -1.09. The number of hydrogen-bond donors (Lipinski definition) is 2. The quantitative estimate of drug-likeness (QED) is 0.350. The molecule has 2 N–H and O–H groups in total. The molecule has 1 spiro atoms. The molecular weight excluding hydrogens is 402 g/mol. The lowest BCUT2D eigenvalue weighted by Gasteiger charge is -2.35. The van der Waals surface area contributed by atoms with Crippen molar-refractivity contribution in [3.63, 3.8) is 0 Å². The van der Waals surface area contributed by atoms with E-state index < -0.39 is 11.5 Å². The van der Waals surface area contributed by atoms with Gasteiger partial charge in [0.25, 0.3) is 0 Å². The third-order valence-corrected chi connectivity index (χ3v) is 5.63. The van der Waals surface area contributed by atoms with Gasteiger partial charge in [0.1, 0.15) is 23.0 Å². The zero-order valence-electron chi connectivity index (χ0n) is 15.5. The number of esters is 1. The SMILES string of the molecule is O=C1OC2(CC1c1ccc(N=C=S)cc1)c1ccc(O)cc1Oc1cc(O)ccc12. The average molecular weight is 417 g/mol. The molecule has 1 atom stereocenters. The number of aromatic hydroxyl groups is 2. The monoisotopic (exact) mass is 417 g/mol. The van der Waals surface area contributed by atoms with Crippen LogP contribution in [0.4, 0.5) is 5.69 Å². The number of hydrogen-bond acceptors (Lipinski definition) is 7. The van der Waals surface area contributed by atoms with Gasteiger partial charge in [-0.1, -0.05) is 12.1 Å². The van der Waals surface area contributed by atoms with Crippen molar-refractivity contribution in [1.82, 2.24) is 0 Å². The molecule has 3 aromatic carbocycles. The van der Waals surface area contributed by atoms with Crippen molar-refractivity contribution >= 4 is 29.0 Å². The number of phenolic OH excluding ortho intramolecular Hbond substituents is 2. The highest BCUT2D eigenvalue weighted by atomic mass is 32.1. The van der Waals surface area contributed by atoms with Gasteiger partial charge < -0.3 is 19.7 Å². The molecule has 0 aliphatic carbocycles. The Hall–Kier alpha value is -3.67. The summed E-state index contributed by atoms with van der Waals surface area (Å²) in [5.41, 5.74) is 1.67. The molecule has 1 unspecified atom stereocenters. The van der Waals surface area contributed by atoms with Crippen LogP contribution in [-0.2, 0) is 15.1 Å². The summed E-state index contributed by atoms with van der Waals surface area (Å²) in [7, 11) is 0. The van der Waals surface area contributed by atoms with Gasteiger partial charge in [-0.05, 0) is 54.2 Å². The maximum absolute atomic E-state index is 13.0. The van der Waals surface area contributed by atoms with Crippen LogP contribution in [0, 0.1) is 0 Å². The largest absolute Gasteiger partial charge is 0.508 e. The van der Waals surface area contributed by atoms with E-state index in [-0.39, 0.29) is 17.5 Å². The molecule has 148 valence electrons. The number of fused-ring (bicyclic) bond motifs is 4. The summed E-state index contributed by atoms with van der Waals surface area (Å²) < 4.78 is 11.9. The summed E-state index contributed by atoms with van der Waals surface area (Å²) >= 11 is 4.63. The van der Waals surface area contributed by atoms with Crippen LogP contribution >= 0.6 is 12.2 Å². The zero-order valence-corrected chi connectivity index (χ0v) is 16.3. The van der Waals surface area contributed by atoms with Crippen molar-refractivity contribution in [2.24, 2.45) is 4.99 Å². The van der Waals surface area contributed by atoms with E-state index in [1.807, 2.05) is 12.1 Å². The van der Waals surface area contributed by atoms with Crippen molar-refractivity contribution < 1.29 is 24.5 Å². The van der Waals surface area contributed by atoms with E-state index in [1.54, 1.807) is 24.3 Å². The number of carbonyl (C=O) groups is 1. The lowest BCUT2D eigenvalue weighted by atomic mass is 9.77. The number of nitrogens with zero attached hydrogens (tertiary/aromatic N) is 1. The number of carbonyl (C=O) groups excluding carboxylic acids is 1. The van der Waals surface area contributed by atoms with Crippen molar-refractivity contribution in [1.29, 1.82) is 0 Å². The molecule has 30 heavy (non-hydrogen) atoms. The fraction of sp³-hybridized carbons (Fsp3) is 0.130. The molecular formula is C23H15NO5S. The van der Waals surface area contributed by atoms with Crippen LogP contribution < -0.4 is 4.74 Å². The third-order valence-electron chi connectivity index (χ3n) is 5.54. The van der Waals surface area contributed by atoms with E-state index in [9.17, 15) is 15.0 Å². The second-order valence-electron chi connectivity index (χ2n) is 7.26. The van der Waals surface area contributed by atoms with E-state index in [0.717, 1.165) is 5.56 Å². The van der Waals surface area contributed by atoms with Gasteiger partial charge in [-0.15, -0.1) is 0 Å². The Morgan fingerprint density at radius 1 is 0.967 bits per heavy atom. The predicted octanol–water partition coefficient (Wildman–Crippen LogP) is 4.91. The molecule has 0 aromatic heterocycles. The van der Waals surface area contributed by atoms with Crippen molar-refractivity contribution in [3.05, 3.63) is 77.4 Å². The molecule has 7 heteroatoms. The van der Waals surface area contributed by atoms with E-state index in [2.05, 4.69) is 22.4 Å². The second-order valence-corrected chi connectivity index (χ2v) is 7.45. The van der Waals surface area contributed by atoms with Crippen LogP contribution in [0.2, 0.25) is 0 Å². The van der Waals surface area contributed by atoms with Crippen LogP contribution in [0.25, 0.3) is 0 Å². The highest BCUT2D eigenvalue weighted by Gasteiger charge is 2.54. The van der Waals surface area contributed by atoms with Crippen LogP contribution in [-0.4, -0.2) is 21.3 Å². The number of benzene rings is 3. The van der Waals surface area contributed by atoms with Crippen LogP contribution in [0.5, 0.6) is 23.0 Å². The van der Waals surface area contributed by atoms with Gasteiger partial charge in [0.2, 0.25) is 0 Å². The summed E-state index contributed by atoms with van der Waals surface area (Å²) in [5, 5.41) is 22.2. The standard InChI is InChI=1S/C23H15NO5S/c25-15-5-7-18-20(9-15)28-21-10-16(26)6-8-19(21)23(18)11-17(22(27)29-23)13-1-3-14(4-2-13)24-12-30/h1-10,17,25-26H,11H2. The predicted molar refractivity (Wildman–Crippen MR) is 112 cm³/mol. The number of ether oxygens (including phenoxy) is 2. The Kier molecular flexibility index (Phi) is 4.10. The Morgan fingerprint density at radius 3 is 2.13 bits per heavy atom. The molecule has 2 heterocycles. The highest BCUT2D eigenvalue weighted by Crippen LogP contribution is 2.57. The van der Waals surface area contributed by atoms with Gasteiger partial charge in [-0.25, -0.2) is 0 Å². The van der Waals surface area contributed by atoms with Crippen LogP contribution in [0.3, 0.4) is 0 Å². The van der Waals surface area contributed by atoms with Crippen molar-refractivity contribution in [2.75, 3.05) is 0 Å². The van der Waals surface area contributed by atoms with Gasteiger partial charge in [0.05, 0.1) is 16.8 Å². The summed E-state index contributed by atoms with van der Waals surface area (Å²) in [6, 6.07) is 16.6. The number of thiocarbonyl (C=S) groups is 1. The van der Waals surface area contributed by atoms with Crippen molar-refractivity contribution in [3.8, 4) is 23.0 Å². The number of rotatable bonds is 2. The fourth-order valence-corrected chi connectivity index (χ4v) is 4.30. The summed E-state index contributed by atoms with van der Waals surface area (Å²) in [6.07, 6.45) is 0.348. The highest BCUT2D eigenvalue weighted by molar-refractivity contribution is 7.78. The first-order valence-electron chi connectivity index (χ1n) is 9.26. The van der Waals surface area contributed by atoms with E-state index in [4.69, 9.17) is 9.47 Å². The summed E-state index contributed by atoms with van der Waals surface area (Å²) in [4.78, 5) is 16.9. The molecule has 0 saturated carbocycles. The van der Waals surface area contributed by atoms with Crippen molar-refractivity contribution in [2.45, 2.75) is 17.9 Å². The Bertz CT molecular complexity index is 1180. The van der Waals surface area contributed by atoms with Crippen LogP contribution in [0.1, 0.15) is 29.0 Å². The van der Waals surface area contributed by atoms with Crippen LogP contribution in [0.15, 0.2) is 65.7 Å². The zero-order chi connectivity index (χ0) is 20.9. The topological polar surface area (TPSA) is 88.4 Å². The smallest absolute Gasteiger partial charge is 0.314 e. The maximum atomic E-state index is 13.0. The van der Waals surface area contributed by atoms with Gasteiger partial charge >= 0.3 is 5.97 Å². The molecule has 5 rings (SSSR count). The average Bonchev–Trinajstić information content (AvgIpc) is 3.06. The normalized spacial score (nSPS) is 18.0. The van der Waals surface area contributed by atoms with Gasteiger partial charge in [0, 0.05) is 29.7 Å². The first-order valence-corrected chi connectivity index (χ1v) is 9.66. The molecule has 0 bridgehead atoms. The number of phenols is 2. The minimum absolute atomic E-state index is 0.0306. The summed E-state index contributed by atoms with van der Waals surface area (Å²) in [5.74, 6) is -0.0384. The Labute approximate surface area is 177 Å². The molecule has 2 aliphatic rings. The molecule has 0 amide bonds. The van der Waals surface area contributed by atoms with Gasteiger partial charge in [0.15, 0.2) is 5.60 Å². The lowest BCUT2D eigenvalue weighted by Crippen LogP contribution is -2.31. The number of aliphatic imine (C=N–C) groups is 1. The van der Waals surface area contributed by atoms with E-state index >= 15 is 0 Å². The summed E-state index contributed by atoms with van der Waals surface area (Å²) in [6.45, 7) is 0. The lowest BCUT2D eigenvalue weighted by molar-refractivity contribution is -0.147. The maximum Gasteiger partial charge on any atom is 0.314 e. The Morgan fingerprint density at radius 2 is 1.57 bits per heavy atom. The molecule has 6 nitrogen and oxygen atoms in total. The minimum Gasteiger partial charge on any atom is -0.508 e. The fourth-order valence-electron chi connectivity index (χ4n) is 4.19. The van der Waals surface area contributed by atoms with Gasteiger partial charge in [-0.2, -0.15) is 4.99 Å². The first kappa shape index (κ1) is 18.4. The Balaban J connectivity index is 1.64. The molecule has 2 aliphatic heterocycles. The molecule has 1 fully saturated rings. The van der Waals surface area contributed by atoms with Gasteiger partial charge in [-0.3, -0.25) is 4.79 Å². The second kappa shape index (κ2) is 6.69. The van der Waals surface area contributed by atoms with E-state index in [0.29, 0.717) is 34.7 Å². The first-order chi connectivity index (χ1) is 14.5.